The highest BCUT2D eigenvalue weighted by molar-refractivity contribution is 5.90. The van der Waals surface area contributed by atoms with Crippen molar-refractivity contribution in [3.63, 3.8) is 0 Å². The molecule has 6 heteroatoms. The number of rotatable bonds is 4. The number of hydrogen-bond acceptors (Lipinski definition) is 4. The molecule has 2 amide bonds. The van der Waals surface area contributed by atoms with E-state index in [1.165, 1.54) is 4.90 Å². The molecular formula is C11H21N3O3. The van der Waals surface area contributed by atoms with Crippen LogP contribution in [0.25, 0.3) is 0 Å². The van der Waals surface area contributed by atoms with Gasteiger partial charge < -0.3 is 20.7 Å². The molecule has 1 rings (SSSR count). The van der Waals surface area contributed by atoms with Crippen LogP contribution in [-0.4, -0.2) is 55.1 Å². The maximum Gasteiger partial charge on any atom is 0.245 e. The fourth-order valence-electron chi connectivity index (χ4n) is 1.76. The Morgan fingerprint density at radius 3 is 2.82 bits per heavy atom. The van der Waals surface area contributed by atoms with Crippen molar-refractivity contribution >= 4 is 11.8 Å². The Labute approximate surface area is 101 Å². The predicted octanol–water partition coefficient (Wildman–Crippen LogP) is -0.913. The van der Waals surface area contributed by atoms with Crippen LogP contribution in [0.5, 0.6) is 0 Å². The third-order valence-corrected chi connectivity index (χ3v) is 2.82. The van der Waals surface area contributed by atoms with Crippen LogP contribution in [0.4, 0.5) is 0 Å². The molecule has 0 aromatic heterocycles. The van der Waals surface area contributed by atoms with E-state index in [0.717, 1.165) is 0 Å². The van der Waals surface area contributed by atoms with Gasteiger partial charge in [0.25, 0.3) is 0 Å². The molecule has 0 aromatic carbocycles. The van der Waals surface area contributed by atoms with Crippen molar-refractivity contribution in [3.05, 3.63) is 0 Å². The molecule has 6 nitrogen and oxygen atoms in total. The molecule has 0 aromatic rings. The van der Waals surface area contributed by atoms with Crippen molar-refractivity contribution in [3.8, 4) is 0 Å². The first-order valence-corrected chi connectivity index (χ1v) is 6.03. The maximum atomic E-state index is 12.0. The normalized spacial score (nSPS) is 22.1. The van der Waals surface area contributed by atoms with Gasteiger partial charge in [-0.15, -0.1) is 0 Å². The van der Waals surface area contributed by atoms with Crippen molar-refractivity contribution in [2.45, 2.75) is 32.4 Å². The molecule has 98 valence electrons. The van der Waals surface area contributed by atoms with Gasteiger partial charge in [-0.1, -0.05) is 6.92 Å². The summed E-state index contributed by atoms with van der Waals surface area (Å²) in [6.45, 7) is 5.35. The van der Waals surface area contributed by atoms with Gasteiger partial charge in [0.2, 0.25) is 11.8 Å². The first kappa shape index (κ1) is 13.9. The van der Waals surface area contributed by atoms with Gasteiger partial charge >= 0.3 is 0 Å². The van der Waals surface area contributed by atoms with E-state index in [1.807, 2.05) is 13.8 Å². The average molecular weight is 243 g/mol. The Hall–Kier alpha value is -1.14. The van der Waals surface area contributed by atoms with E-state index in [-0.39, 0.29) is 18.4 Å². The summed E-state index contributed by atoms with van der Waals surface area (Å²) in [5, 5.41) is 2.70. The molecule has 0 bridgehead atoms. The quantitative estimate of drug-likeness (QED) is 0.669. The highest BCUT2D eigenvalue weighted by Gasteiger charge is 2.34. The Bertz CT molecular complexity index is 283. The number of nitrogens with one attached hydrogen (secondary N) is 1. The second kappa shape index (κ2) is 6.56. The van der Waals surface area contributed by atoms with Gasteiger partial charge in [0, 0.05) is 13.1 Å². The zero-order chi connectivity index (χ0) is 12.8. The monoisotopic (exact) mass is 243 g/mol. The van der Waals surface area contributed by atoms with Gasteiger partial charge in [0.1, 0.15) is 6.04 Å². The summed E-state index contributed by atoms with van der Waals surface area (Å²) in [6.07, 6.45) is 0.568. The first-order valence-electron chi connectivity index (χ1n) is 6.03. The number of likely N-dealkylation sites (N-methyl/N-ethyl adjacent to an activating group) is 1. The molecule has 2 atom stereocenters. The third kappa shape index (κ3) is 3.41. The molecule has 0 aliphatic carbocycles. The van der Waals surface area contributed by atoms with Crippen LogP contribution in [0.1, 0.15) is 20.3 Å². The smallest absolute Gasteiger partial charge is 0.245 e. The topological polar surface area (TPSA) is 84.7 Å². The number of morpholine rings is 1. The SMILES string of the molecule is CCNC(=O)C1COCCN1C(=O)[C@@H](N)CC. The standard InChI is InChI=1S/C11H21N3O3/c1-3-8(12)11(16)14-5-6-17-7-9(14)10(15)13-4-2/h8-9H,3-7,12H2,1-2H3,(H,13,15)/t8-,9?/m0/s1. The van der Waals surface area contributed by atoms with Crippen molar-refractivity contribution in [1.82, 2.24) is 10.2 Å². The minimum absolute atomic E-state index is 0.174. The van der Waals surface area contributed by atoms with Crippen LogP contribution in [-0.2, 0) is 14.3 Å². The number of nitrogens with two attached hydrogens (primary N) is 1. The summed E-state index contributed by atoms with van der Waals surface area (Å²) >= 11 is 0. The minimum Gasteiger partial charge on any atom is -0.377 e. The fraction of sp³-hybridized carbons (Fsp3) is 0.818. The molecule has 0 radical (unpaired) electrons. The number of amides is 2. The molecule has 17 heavy (non-hydrogen) atoms. The zero-order valence-electron chi connectivity index (χ0n) is 10.4. The first-order chi connectivity index (χ1) is 8.11. The van der Waals surface area contributed by atoms with E-state index in [2.05, 4.69) is 5.32 Å². The van der Waals surface area contributed by atoms with E-state index in [4.69, 9.17) is 10.5 Å². The van der Waals surface area contributed by atoms with E-state index >= 15 is 0 Å². The Morgan fingerprint density at radius 2 is 2.24 bits per heavy atom. The second-order valence-electron chi connectivity index (χ2n) is 4.03. The Balaban J connectivity index is 2.71. The Morgan fingerprint density at radius 1 is 1.53 bits per heavy atom. The van der Waals surface area contributed by atoms with Crippen LogP contribution in [0.3, 0.4) is 0 Å². The molecule has 1 aliphatic heterocycles. The van der Waals surface area contributed by atoms with Crippen molar-refractivity contribution < 1.29 is 14.3 Å². The lowest BCUT2D eigenvalue weighted by Crippen LogP contribution is -2.59. The second-order valence-corrected chi connectivity index (χ2v) is 4.03. The number of carbonyl (C=O) groups is 2. The van der Waals surface area contributed by atoms with Gasteiger partial charge in [-0.2, -0.15) is 0 Å². The largest absolute Gasteiger partial charge is 0.377 e. The number of ether oxygens (including phenoxy) is 1. The highest BCUT2D eigenvalue weighted by atomic mass is 16.5. The van der Waals surface area contributed by atoms with Crippen LogP contribution >= 0.6 is 0 Å². The molecule has 3 N–H and O–H groups in total. The zero-order valence-corrected chi connectivity index (χ0v) is 10.4. The fourth-order valence-corrected chi connectivity index (χ4v) is 1.76. The maximum absolute atomic E-state index is 12.0. The summed E-state index contributed by atoms with van der Waals surface area (Å²) in [4.78, 5) is 25.3. The molecule has 0 saturated carbocycles. The molecule has 1 aliphatic rings. The lowest BCUT2D eigenvalue weighted by atomic mass is 10.1. The van der Waals surface area contributed by atoms with E-state index in [9.17, 15) is 9.59 Å². The van der Waals surface area contributed by atoms with Gasteiger partial charge in [-0.05, 0) is 13.3 Å². The van der Waals surface area contributed by atoms with Crippen molar-refractivity contribution in [2.75, 3.05) is 26.3 Å². The van der Waals surface area contributed by atoms with E-state index in [0.29, 0.717) is 26.1 Å². The van der Waals surface area contributed by atoms with Gasteiger partial charge in [-0.3, -0.25) is 9.59 Å². The van der Waals surface area contributed by atoms with Gasteiger partial charge in [0.15, 0.2) is 0 Å². The third-order valence-electron chi connectivity index (χ3n) is 2.82. The van der Waals surface area contributed by atoms with E-state index in [1.54, 1.807) is 0 Å². The number of nitrogens with zero attached hydrogens (tertiary/aromatic N) is 1. The lowest BCUT2D eigenvalue weighted by molar-refractivity contribution is -0.149. The van der Waals surface area contributed by atoms with Crippen molar-refractivity contribution in [2.24, 2.45) is 5.73 Å². The minimum atomic E-state index is -0.547. The molecule has 1 fully saturated rings. The summed E-state index contributed by atoms with van der Waals surface area (Å²) in [5.74, 6) is -0.351. The molecular weight excluding hydrogens is 222 g/mol. The van der Waals surface area contributed by atoms with E-state index < -0.39 is 12.1 Å². The van der Waals surface area contributed by atoms with Gasteiger partial charge in [0.05, 0.1) is 19.3 Å². The van der Waals surface area contributed by atoms with Crippen molar-refractivity contribution in [1.29, 1.82) is 0 Å². The van der Waals surface area contributed by atoms with Crippen LogP contribution in [0.15, 0.2) is 0 Å². The van der Waals surface area contributed by atoms with Crippen LogP contribution in [0.2, 0.25) is 0 Å². The average Bonchev–Trinajstić information content (AvgIpc) is 2.37. The summed E-state index contributed by atoms with van der Waals surface area (Å²) < 4.78 is 5.25. The van der Waals surface area contributed by atoms with Crippen LogP contribution < -0.4 is 11.1 Å². The summed E-state index contributed by atoms with van der Waals surface area (Å²) in [5.41, 5.74) is 5.72. The summed E-state index contributed by atoms with van der Waals surface area (Å²) in [7, 11) is 0. The lowest BCUT2D eigenvalue weighted by Gasteiger charge is -2.35. The number of hydrogen-bond donors (Lipinski definition) is 2. The highest BCUT2D eigenvalue weighted by Crippen LogP contribution is 2.09. The Kier molecular flexibility index (Phi) is 5.37. The van der Waals surface area contributed by atoms with Crippen LogP contribution in [0, 0.1) is 0 Å². The predicted molar refractivity (Wildman–Crippen MR) is 63.3 cm³/mol. The number of carbonyl (C=O) groups excluding carboxylic acids is 2. The molecule has 1 heterocycles. The molecule has 0 spiro atoms. The molecule has 1 unspecified atom stereocenters. The molecule has 1 saturated heterocycles. The summed E-state index contributed by atoms with van der Waals surface area (Å²) in [6, 6.07) is -1.08. The van der Waals surface area contributed by atoms with Gasteiger partial charge in [-0.25, -0.2) is 0 Å².